The highest BCUT2D eigenvalue weighted by atomic mass is 32.1. The summed E-state index contributed by atoms with van der Waals surface area (Å²) in [7, 11) is 3.29. The van der Waals surface area contributed by atoms with Crippen molar-refractivity contribution in [2.24, 2.45) is 11.8 Å². The van der Waals surface area contributed by atoms with Crippen LogP contribution in [0.25, 0.3) is 41.6 Å². The fourth-order valence-electron chi connectivity index (χ4n) is 10.5. The summed E-state index contributed by atoms with van der Waals surface area (Å²) in [6, 6.07) is 39.4. The molecule has 2 fully saturated rings. The number of aromatic nitrogens is 4. The molecule has 105 heavy (non-hydrogen) atoms. The monoisotopic (exact) mass is 1470 g/mol. The van der Waals surface area contributed by atoms with Gasteiger partial charge in [0.2, 0.25) is 0 Å². The number of Topliss-reactive ketones (excluding diaryl/α,β-unsaturated/α-hetero) is 2. The Balaban J connectivity index is 0.000000188. The van der Waals surface area contributed by atoms with Crippen LogP contribution in [-0.2, 0) is 66.9 Å². The van der Waals surface area contributed by atoms with Crippen molar-refractivity contribution in [3.8, 4) is 55.6 Å². The molecule has 0 spiro atoms. The SMILES string of the molecule is COCCOCCOCCOCCOc1ccccc1N.COCCOCCOCCOCCOc1ccccc1NCc1ccc(-c2cc3nccc(Oc4ccc(CC(=O)CC5CC5)cc4F)c3s2)nc1.O=Cc1ccc(-c2cc3nccc(Oc4ccc(CC(=O)CC5CC5)cc4F)c3s2)nc1. The molecule has 10 aromatic rings. The van der Waals surface area contributed by atoms with Crippen LogP contribution in [0.1, 0.15) is 65.6 Å². The number of benzene rings is 4. The summed E-state index contributed by atoms with van der Waals surface area (Å²) < 4.78 is 97.0. The van der Waals surface area contributed by atoms with Crippen molar-refractivity contribution in [3.05, 3.63) is 192 Å². The first kappa shape index (κ1) is 78.3. The number of nitrogens with two attached hydrogens (primary N) is 1. The zero-order valence-corrected chi connectivity index (χ0v) is 60.6. The number of hydrogen-bond donors (Lipinski definition) is 2. The highest BCUT2D eigenvalue weighted by molar-refractivity contribution is 7.23. The molecule has 12 rings (SSSR count). The first-order valence-electron chi connectivity index (χ1n) is 35.0. The predicted octanol–water partition coefficient (Wildman–Crippen LogP) is 15.2. The van der Waals surface area contributed by atoms with Crippen molar-refractivity contribution < 1.29 is 80.0 Å². The third-order valence-corrected chi connectivity index (χ3v) is 18.6. The standard InChI is InChI=1S/C40H44FN3O7S.C25H19FN2O3S.C15H25NO5/c1-46-14-15-47-16-17-48-18-19-49-20-21-50-37-5-3-2-4-33(37)43-26-30-8-10-34(44-27-30)39-25-35-40(52-39)38(12-13-42-35)51-36-11-9-29(24-32(36)41)23-31(45)22-28-6-7-28;26-19-11-16(10-18(30)9-15-1-2-15)4-6-22(19)31-23-7-8-27-21-12-24(32-25(21)23)20-5-3-17(14-29)13-28-20;1-17-6-7-18-8-9-19-10-11-20-12-13-21-15-5-3-2-4-14(15)16/h2-5,8-13,24-25,27-28,43H,6-7,14-23,26H2,1H3;3-8,11-15H,1-2,9-10H2;2-5H,6-13,16H2,1H3. The van der Waals surface area contributed by atoms with E-state index in [0.717, 1.165) is 85.0 Å². The van der Waals surface area contributed by atoms with Gasteiger partial charge in [0.15, 0.2) is 29.4 Å². The first-order valence-corrected chi connectivity index (χ1v) is 36.6. The number of aldehydes is 1. The molecule has 4 aromatic carbocycles. The van der Waals surface area contributed by atoms with Gasteiger partial charge in [-0.3, -0.25) is 34.3 Å². The van der Waals surface area contributed by atoms with E-state index in [4.69, 9.17) is 67.6 Å². The number of fused-ring (bicyclic) bond motifs is 2. The van der Waals surface area contributed by atoms with E-state index in [1.165, 1.54) is 41.0 Å². The van der Waals surface area contributed by atoms with Crippen LogP contribution in [0, 0.1) is 23.5 Å². The van der Waals surface area contributed by atoms with Gasteiger partial charge in [-0.15, -0.1) is 22.7 Å². The number of hydrogen-bond acceptors (Lipinski definition) is 23. The minimum atomic E-state index is -0.505. The summed E-state index contributed by atoms with van der Waals surface area (Å²) in [6.45, 7) is 8.96. The Morgan fingerprint density at radius 2 is 0.914 bits per heavy atom. The number of ether oxygens (including phenoxy) is 12. The minimum Gasteiger partial charge on any atom is -0.489 e. The number of nitrogens with one attached hydrogen (secondary N) is 1. The zero-order valence-electron chi connectivity index (χ0n) is 59.0. The number of anilines is 2. The Labute approximate surface area is 617 Å². The van der Waals surface area contributed by atoms with Gasteiger partial charge in [0.05, 0.1) is 145 Å². The van der Waals surface area contributed by atoms with Gasteiger partial charge in [0, 0.05) is 88.9 Å². The molecule has 0 saturated heterocycles. The Kier molecular flexibility index (Phi) is 31.8. The van der Waals surface area contributed by atoms with Crippen LogP contribution in [0.15, 0.2) is 158 Å². The molecule has 3 N–H and O–H groups in total. The number of halogens is 2. The Hall–Kier alpha value is -9.25. The summed E-state index contributed by atoms with van der Waals surface area (Å²) >= 11 is 2.92. The average molecular weight is 1480 g/mol. The van der Waals surface area contributed by atoms with E-state index in [9.17, 15) is 18.8 Å². The maximum Gasteiger partial charge on any atom is 0.166 e. The van der Waals surface area contributed by atoms with Gasteiger partial charge in [-0.25, -0.2) is 8.78 Å². The van der Waals surface area contributed by atoms with E-state index in [1.807, 2.05) is 72.9 Å². The van der Waals surface area contributed by atoms with Crippen molar-refractivity contribution in [2.45, 2.75) is 57.9 Å². The van der Waals surface area contributed by atoms with Crippen LogP contribution in [0.3, 0.4) is 0 Å². The lowest BCUT2D eigenvalue weighted by Gasteiger charge is -2.13. The van der Waals surface area contributed by atoms with Gasteiger partial charge in [-0.1, -0.05) is 42.5 Å². The molecule has 6 heterocycles. The smallest absolute Gasteiger partial charge is 0.166 e. The zero-order chi connectivity index (χ0) is 73.2. The first-order chi connectivity index (χ1) is 51.5. The largest absolute Gasteiger partial charge is 0.489 e. The third-order valence-electron chi connectivity index (χ3n) is 16.3. The van der Waals surface area contributed by atoms with Crippen LogP contribution in [-0.4, -0.2) is 158 Å². The summed E-state index contributed by atoms with van der Waals surface area (Å²) in [6.07, 6.45) is 13.5. The van der Waals surface area contributed by atoms with E-state index >= 15 is 4.39 Å². The lowest BCUT2D eigenvalue weighted by Crippen LogP contribution is -2.14. The molecule has 0 bridgehead atoms. The van der Waals surface area contributed by atoms with Gasteiger partial charge in [-0.05, 0) is 133 Å². The van der Waals surface area contributed by atoms with Crippen molar-refractivity contribution in [1.82, 2.24) is 19.9 Å². The fraction of sp³-hybridized carbons (Fsp3) is 0.362. The van der Waals surface area contributed by atoms with Crippen molar-refractivity contribution in [2.75, 3.05) is 131 Å². The van der Waals surface area contributed by atoms with Crippen molar-refractivity contribution in [1.29, 1.82) is 0 Å². The lowest BCUT2D eigenvalue weighted by atomic mass is 10.0. The summed E-state index contributed by atoms with van der Waals surface area (Å²) in [4.78, 5) is 54.9. The molecule has 0 radical (unpaired) electrons. The number of carbonyl (C=O) groups excluding carboxylic acids is 3. The third kappa shape index (κ3) is 26.4. The predicted molar refractivity (Wildman–Crippen MR) is 400 cm³/mol. The van der Waals surface area contributed by atoms with Gasteiger partial charge in [0.25, 0.3) is 0 Å². The quantitative estimate of drug-likeness (QED) is 0.0204. The molecule has 2 saturated carbocycles. The van der Waals surface area contributed by atoms with Gasteiger partial charge in [-0.2, -0.15) is 0 Å². The molecule has 25 heteroatoms. The Bertz CT molecular complexity index is 4330. The maximum atomic E-state index is 15.0. The molecule has 6 aromatic heterocycles. The lowest BCUT2D eigenvalue weighted by molar-refractivity contribution is -0.119. The molecule has 0 amide bonds. The molecule has 0 unspecified atom stereocenters. The molecular weight excluding hydrogens is 1390 g/mol. The molecule has 0 aliphatic heterocycles. The molecule has 0 atom stereocenters. The second kappa shape index (κ2) is 42.6. The van der Waals surface area contributed by atoms with Gasteiger partial charge < -0.3 is 67.9 Å². The highest BCUT2D eigenvalue weighted by Crippen LogP contribution is 2.42. The molecule has 21 nitrogen and oxygen atoms in total. The maximum absolute atomic E-state index is 15.0. The van der Waals surface area contributed by atoms with E-state index < -0.39 is 11.6 Å². The van der Waals surface area contributed by atoms with Crippen LogP contribution >= 0.6 is 22.7 Å². The number of pyridine rings is 4. The van der Waals surface area contributed by atoms with Crippen LogP contribution in [0.4, 0.5) is 20.2 Å². The Morgan fingerprint density at radius 3 is 1.35 bits per heavy atom. The second-order valence-corrected chi connectivity index (χ2v) is 26.7. The summed E-state index contributed by atoms with van der Waals surface area (Å²) in [5.41, 5.74) is 13.1. The van der Waals surface area contributed by atoms with Gasteiger partial charge >= 0.3 is 0 Å². The van der Waals surface area contributed by atoms with Crippen LogP contribution in [0.5, 0.6) is 34.5 Å². The molecule has 2 aliphatic rings. The number of nitrogen functional groups attached to an aromatic ring is 1. The normalized spacial score (nSPS) is 12.5. The van der Waals surface area contributed by atoms with E-state index in [0.29, 0.717) is 182 Å². The molecular formula is C80H88F2N6O15S2. The highest BCUT2D eigenvalue weighted by Gasteiger charge is 2.26. The number of ketones is 2. The molecule has 2 aliphatic carbocycles. The number of para-hydroxylation sites is 4. The molecule has 554 valence electrons. The van der Waals surface area contributed by atoms with Crippen LogP contribution in [0.2, 0.25) is 0 Å². The Morgan fingerprint density at radius 1 is 0.476 bits per heavy atom. The van der Waals surface area contributed by atoms with Gasteiger partial charge in [0.1, 0.15) is 47.8 Å². The number of nitrogens with zero attached hydrogens (tertiary/aromatic N) is 4. The minimum absolute atomic E-state index is 0.0966. The number of thiophene rings is 2. The number of rotatable bonds is 44. The summed E-state index contributed by atoms with van der Waals surface area (Å²) in [5, 5.41) is 3.44. The number of carbonyl (C=O) groups is 3. The van der Waals surface area contributed by atoms with Crippen molar-refractivity contribution >= 4 is 72.3 Å². The van der Waals surface area contributed by atoms with E-state index in [1.54, 1.807) is 81.2 Å². The summed E-state index contributed by atoms with van der Waals surface area (Å²) in [5.74, 6) is 2.97. The fourth-order valence-corrected chi connectivity index (χ4v) is 12.6. The topological polar surface area (TPSA) is 252 Å². The average Bonchev–Trinajstić information content (AvgIpc) is 1.60. The van der Waals surface area contributed by atoms with Crippen LogP contribution < -0.4 is 30.0 Å². The van der Waals surface area contributed by atoms with E-state index in [-0.39, 0.29) is 35.9 Å². The van der Waals surface area contributed by atoms with E-state index in [2.05, 4.69) is 20.3 Å². The van der Waals surface area contributed by atoms with Crippen molar-refractivity contribution in [3.63, 3.8) is 0 Å². The second-order valence-electron chi connectivity index (χ2n) is 24.6. The number of methoxy groups -OCH3 is 2.